The predicted octanol–water partition coefficient (Wildman–Crippen LogP) is 4.73. The van der Waals surface area contributed by atoms with Gasteiger partial charge in [0.2, 0.25) is 0 Å². The summed E-state index contributed by atoms with van der Waals surface area (Å²) < 4.78 is 13.0. The number of carbonyl (C=O) groups is 1. The van der Waals surface area contributed by atoms with Crippen LogP contribution in [0.4, 0.5) is 4.39 Å². The molecular formula is C22H20FN3O. The summed E-state index contributed by atoms with van der Waals surface area (Å²) in [7, 11) is 0. The van der Waals surface area contributed by atoms with E-state index in [0.29, 0.717) is 11.3 Å². The van der Waals surface area contributed by atoms with E-state index in [9.17, 15) is 9.18 Å². The monoisotopic (exact) mass is 361 g/mol. The molecule has 0 unspecified atom stereocenters. The lowest BCUT2D eigenvalue weighted by atomic mass is 10.0. The molecule has 3 aromatic rings. The molecule has 0 saturated heterocycles. The normalized spacial score (nSPS) is 11.7. The second-order valence-corrected chi connectivity index (χ2v) is 6.37. The van der Waals surface area contributed by atoms with Crippen LogP contribution in [0.5, 0.6) is 0 Å². The van der Waals surface area contributed by atoms with Crippen molar-refractivity contribution >= 4 is 12.0 Å². The van der Waals surface area contributed by atoms with E-state index < -0.39 is 5.82 Å². The summed E-state index contributed by atoms with van der Waals surface area (Å²) in [5, 5.41) is 2.89. The molecule has 0 radical (unpaired) electrons. The number of halogens is 1. The number of hydrogen-bond acceptors (Lipinski definition) is 3. The van der Waals surface area contributed by atoms with E-state index in [1.165, 1.54) is 6.07 Å². The quantitative estimate of drug-likeness (QED) is 0.715. The fourth-order valence-corrected chi connectivity index (χ4v) is 2.68. The number of nitrogens with zero attached hydrogens (tertiary/aromatic N) is 2. The summed E-state index contributed by atoms with van der Waals surface area (Å²) in [6.07, 6.45) is 4.62. The van der Waals surface area contributed by atoms with E-state index >= 15 is 0 Å². The Morgan fingerprint density at radius 2 is 1.96 bits per heavy atom. The van der Waals surface area contributed by atoms with Crippen molar-refractivity contribution in [2.45, 2.75) is 19.9 Å². The zero-order valence-corrected chi connectivity index (χ0v) is 15.2. The molecule has 5 heteroatoms. The van der Waals surface area contributed by atoms with Gasteiger partial charge in [0.05, 0.1) is 23.6 Å². The molecule has 0 spiro atoms. The molecule has 136 valence electrons. The van der Waals surface area contributed by atoms with Crippen LogP contribution in [0.25, 0.3) is 17.3 Å². The molecule has 0 bridgehead atoms. The van der Waals surface area contributed by atoms with Crippen molar-refractivity contribution in [2.75, 3.05) is 0 Å². The van der Waals surface area contributed by atoms with Gasteiger partial charge in [0, 0.05) is 17.3 Å². The third kappa shape index (κ3) is 4.44. The highest BCUT2D eigenvalue weighted by Crippen LogP contribution is 2.22. The molecule has 0 aliphatic carbocycles. The minimum atomic E-state index is -0.411. The number of aromatic nitrogens is 2. The molecule has 0 aliphatic rings. The van der Waals surface area contributed by atoms with Crippen LogP contribution in [0, 0.1) is 12.7 Å². The highest BCUT2D eigenvalue weighted by atomic mass is 19.1. The minimum absolute atomic E-state index is 0.245. The van der Waals surface area contributed by atoms with Crippen LogP contribution in [-0.2, 0) is 0 Å². The van der Waals surface area contributed by atoms with Gasteiger partial charge in [-0.2, -0.15) is 0 Å². The molecule has 0 saturated carbocycles. The fraction of sp³-hybridized carbons (Fsp3) is 0.136. The van der Waals surface area contributed by atoms with Gasteiger partial charge in [0.25, 0.3) is 5.91 Å². The number of hydrogen-bond donors (Lipinski definition) is 1. The first-order chi connectivity index (χ1) is 13.0. The van der Waals surface area contributed by atoms with Crippen LogP contribution in [0.1, 0.15) is 40.1 Å². The van der Waals surface area contributed by atoms with Gasteiger partial charge in [-0.15, -0.1) is 0 Å². The minimum Gasteiger partial charge on any atom is -0.344 e. The van der Waals surface area contributed by atoms with Gasteiger partial charge in [0.15, 0.2) is 0 Å². The van der Waals surface area contributed by atoms with Crippen molar-refractivity contribution in [1.82, 2.24) is 15.3 Å². The zero-order valence-electron chi connectivity index (χ0n) is 15.2. The lowest BCUT2D eigenvalue weighted by Crippen LogP contribution is -2.27. The fourth-order valence-electron chi connectivity index (χ4n) is 2.68. The lowest BCUT2D eigenvalue weighted by Gasteiger charge is -2.14. The molecule has 0 fully saturated rings. The third-order valence-electron chi connectivity index (χ3n) is 4.20. The van der Waals surface area contributed by atoms with Gasteiger partial charge in [-0.1, -0.05) is 18.7 Å². The molecule has 1 N–H and O–H groups in total. The van der Waals surface area contributed by atoms with Crippen molar-refractivity contribution in [3.05, 3.63) is 89.6 Å². The summed E-state index contributed by atoms with van der Waals surface area (Å²) in [6.45, 7) is 7.58. The Labute approximate surface area is 157 Å². The van der Waals surface area contributed by atoms with Gasteiger partial charge in [-0.25, -0.2) is 4.39 Å². The van der Waals surface area contributed by atoms with Gasteiger partial charge in [-0.3, -0.25) is 14.8 Å². The second kappa shape index (κ2) is 7.91. The maximum Gasteiger partial charge on any atom is 0.251 e. The highest BCUT2D eigenvalue weighted by Gasteiger charge is 2.14. The van der Waals surface area contributed by atoms with Gasteiger partial charge >= 0.3 is 0 Å². The first-order valence-electron chi connectivity index (χ1n) is 8.59. The Morgan fingerprint density at radius 3 is 2.59 bits per heavy atom. The number of amides is 1. The van der Waals surface area contributed by atoms with Crippen LogP contribution in [0.15, 0.2) is 61.4 Å². The molecular weight excluding hydrogens is 341 g/mol. The van der Waals surface area contributed by atoms with Crippen molar-refractivity contribution in [1.29, 1.82) is 0 Å². The summed E-state index contributed by atoms with van der Waals surface area (Å²) in [4.78, 5) is 21.2. The van der Waals surface area contributed by atoms with E-state index in [0.717, 1.165) is 28.6 Å². The smallest absolute Gasteiger partial charge is 0.251 e. The van der Waals surface area contributed by atoms with Crippen LogP contribution < -0.4 is 5.32 Å². The summed E-state index contributed by atoms with van der Waals surface area (Å²) in [6, 6.07) is 11.9. The second-order valence-electron chi connectivity index (χ2n) is 6.37. The summed E-state index contributed by atoms with van der Waals surface area (Å²) in [5.74, 6) is -0.656. The zero-order chi connectivity index (χ0) is 19.4. The van der Waals surface area contributed by atoms with Crippen molar-refractivity contribution in [3.63, 3.8) is 0 Å². The maximum absolute atomic E-state index is 13.0. The van der Waals surface area contributed by atoms with Gasteiger partial charge in [-0.05, 0) is 61.4 Å². The Hall–Kier alpha value is -3.34. The Morgan fingerprint density at radius 1 is 1.15 bits per heavy atom. The number of pyridine rings is 2. The van der Waals surface area contributed by atoms with E-state index in [2.05, 4.69) is 21.9 Å². The standard InChI is InChI=1S/C22H20FN3O/c1-4-16-9-17(21-7-5-14(2)12-24-21)11-18(10-16)22(27)26-15(3)20-8-6-19(23)13-25-20/h4-13,15H,1H2,2-3H3,(H,26,27)/t15-/m1/s1. The molecule has 4 nitrogen and oxygen atoms in total. The maximum atomic E-state index is 13.0. The number of aryl methyl sites for hydroxylation is 1. The third-order valence-corrected chi connectivity index (χ3v) is 4.20. The van der Waals surface area contributed by atoms with Crippen molar-refractivity contribution in [2.24, 2.45) is 0 Å². The van der Waals surface area contributed by atoms with Gasteiger partial charge in [0.1, 0.15) is 5.82 Å². The first-order valence-corrected chi connectivity index (χ1v) is 8.59. The highest BCUT2D eigenvalue weighted by molar-refractivity contribution is 5.96. The molecule has 1 atom stereocenters. The van der Waals surface area contributed by atoms with E-state index in [1.807, 2.05) is 25.1 Å². The first kappa shape index (κ1) is 18.5. The largest absolute Gasteiger partial charge is 0.344 e. The molecule has 2 aromatic heterocycles. The molecule has 3 rings (SSSR count). The van der Waals surface area contributed by atoms with Crippen LogP contribution >= 0.6 is 0 Å². The number of rotatable bonds is 5. The van der Waals surface area contributed by atoms with Crippen LogP contribution in [0.2, 0.25) is 0 Å². The molecule has 27 heavy (non-hydrogen) atoms. The average Bonchev–Trinajstić information content (AvgIpc) is 2.68. The van der Waals surface area contributed by atoms with Crippen LogP contribution in [-0.4, -0.2) is 15.9 Å². The Balaban J connectivity index is 1.87. The Kier molecular flexibility index (Phi) is 5.41. The summed E-state index contributed by atoms with van der Waals surface area (Å²) >= 11 is 0. The molecule has 0 aliphatic heterocycles. The topological polar surface area (TPSA) is 54.9 Å². The van der Waals surface area contributed by atoms with E-state index in [1.54, 1.807) is 37.4 Å². The Bertz CT molecular complexity index is 966. The summed E-state index contributed by atoms with van der Waals surface area (Å²) in [5.41, 5.74) is 4.60. The SMILES string of the molecule is C=Cc1cc(C(=O)N[C@H](C)c2ccc(F)cn2)cc(-c2ccc(C)cn2)c1. The average molecular weight is 361 g/mol. The predicted molar refractivity (Wildman–Crippen MR) is 105 cm³/mol. The van der Waals surface area contributed by atoms with E-state index in [4.69, 9.17) is 0 Å². The van der Waals surface area contributed by atoms with Crippen LogP contribution in [0.3, 0.4) is 0 Å². The number of carbonyl (C=O) groups excluding carboxylic acids is 1. The lowest BCUT2D eigenvalue weighted by molar-refractivity contribution is 0.0939. The molecule has 1 aromatic carbocycles. The molecule has 1 amide bonds. The van der Waals surface area contributed by atoms with Crippen molar-refractivity contribution < 1.29 is 9.18 Å². The number of benzene rings is 1. The molecule has 2 heterocycles. The van der Waals surface area contributed by atoms with E-state index in [-0.39, 0.29) is 11.9 Å². The van der Waals surface area contributed by atoms with Crippen molar-refractivity contribution in [3.8, 4) is 11.3 Å². The number of nitrogens with one attached hydrogen (secondary N) is 1. The van der Waals surface area contributed by atoms with Gasteiger partial charge < -0.3 is 5.32 Å².